The third-order valence-corrected chi connectivity index (χ3v) is 3.69. The largest absolute Gasteiger partial charge is 0.325 e. The first-order valence-electron chi connectivity index (χ1n) is 4.31. The van der Waals surface area contributed by atoms with E-state index in [1.165, 1.54) is 11.3 Å². The topological polar surface area (TPSA) is 38.9 Å². The molecule has 0 radical (unpaired) electrons. The molecule has 2 nitrogen and oxygen atoms in total. The monoisotopic (exact) mass is 258 g/mol. The molecule has 0 aliphatic heterocycles. The maximum atomic E-state index is 6.08. The maximum Gasteiger partial charge on any atom is 0.125 e. The molecular formula is C10H8Cl2N2S. The first-order chi connectivity index (χ1) is 7.22. The van der Waals surface area contributed by atoms with E-state index in [9.17, 15) is 0 Å². The van der Waals surface area contributed by atoms with Crippen LogP contribution in [0.3, 0.4) is 0 Å². The highest BCUT2D eigenvalue weighted by atomic mass is 35.5. The van der Waals surface area contributed by atoms with Crippen molar-refractivity contribution in [3.8, 4) is 10.6 Å². The molecule has 2 N–H and O–H groups in total. The van der Waals surface area contributed by atoms with Crippen molar-refractivity contribution in [1.82, 2.24) is 4.98 Å². The van der Waals surface area contributed by atoms with E-state index in [-0.39, 0.29) is 0 Å². The second-order valence-corrected chi connectivity index (χ2v) is 4.59. The van der Waals surface area contributed by atoms with Gasteiger partial charge in [-0.2, -0.15) is 0 Å². The minimum absolute atomic E-state index is 0.439. The summed E-state index contributed by atoms with van der Waals surface area (Å²) in [6.45, 7) is 0.439. The first kappa shape index (κ1) is 10.9. The number of thiazole rings is 1. The minimum atomic E-state index is 0.439. The van der Waals surface area contributed by atoms with Gasteiger partial charge in [-0.15, -0.1) is 11.3 Å². The van der Waals surface area contributed by atoms with E-state index in [2.05, 4.69) is 4.98 Å². The van der Waals surface area contributed by atoms with Gasteiger partial charge < -0.3 is 5.73 Å². The molecule has 1 aromatic heterocycles. The van der Waals surface area contributed by atoms with Gasteiger partial charge in [0.05, 0.1) is 15.7 Å². The molecule has 0 atom stereocenters. The van der Waals surface area contributed by atoms with Gasteiger partial charge in [0.1, 0.15) is 5.01 Å². The molecule has 15 heavy (non-hydrogen) atoms. The molecule has 2 aromatic rings. The Morgan fingerprint density at radius 3 is 2.80 bits per heavy atom. The van der Waals surface area contributed by atoms with Crippen molar-refractivity contribution in [3.05, 3.63) is 39.3 Å². The Morgan fingerprint density at radius 2 is 2.13 bits per heavy atom. The highest BCUT2D eigenvalue weighted by Gasteiger charge is 2.09. The average Bonchev–Trinajstić information content (AvgIpc) is 2.70. The second kappa shape index (κ2) is 4.49. The summed E-state index contributed by atoms with van der Waals surface area (Å²) in [5.74, 6) is 0. The van der Waals surface area contributed by atoms with Gasteiger partial charge in [-0.25, -0.2) is 4.98 Å². The molecule has 0 spiro atoms. The van der Waals surface area contributed by atoms with E-state index >= 15 is 0 Å². The molecule has 0 aliphatic carbocycles. The summed E-state index contributed by atoms with van der Waals surface area (Å²) in [5, 5.41) is 3.85. The van der Waals surface area contributed by atoms with Crippen LogP contribution in [0.4, 0.5) is 0 Å². The smallest absolute Gasteiger partial charge is 0.125 e. The highest BCUT2D eigenvalue weighted by molar-refractivity contribution is 7.13. The molecule has 0 unspecified atom stereocenters. The lowest BCUT2D eigenvalue weighted by Gasteiger charge is -2.01. The molecule has 0 bridgehead atoms. The standard InChI is InChI=1S/C10H8Cl2N2S/c11-8-3-1-2-7(9(8)12)10-14-6(4-13)5-15-10/h1-3,5H,4,13H2. The molecule has 2 rings (SSSR count). The molecule has 0 fully saturated rings. The minimum Gasteiger partial charge on any atom is -0.325 e. The Labute approximate surface area is 102 Å². The fourth-order valence-corrected chi connectivity index (χ4v) is 2.50. The van der Waals surface area contributed by atoms with Crippen molar-refractivity contribution in [2.45, 2.75) is 6.54 Å². The fraction of sp³-hybridized carbons (Fsp3) is 0.100. The molecule has 0 amide bonds. The number of nitrogens with two attached hydrogens (primary N) is 1. The second-order valence-electron chi connectivity index (χ2n) is 2.95. The third kappa shape index (κ3) is 2.16. The zero-order chi connectivity index (χ0) is 10.8. The number of halogens is 2. The number of hydrogen-bond donors (Lipinski definition) is 1. The van der Waals surface area contributed by atoms with Crippen LogP contribution in [0.2, 0.25) is 10.0 Å². The number of nitrogens with zero attached hydrogens (tertiary/aromatic N) is 1. The molecule has 0 saturated heterocycles. The third-order valence-electron chi connectivity index (χ3n) is 1.94. The van der Waals surface area contributed by atoms with Crippen molar-refractivity contribution in [3.63, 3.8) is 0 Å². The Hall–Kier alpha value is -0.610. The van der Waals surface area contributed by atoms with Crippen molar-refractivity contribution < 1.29 is 0 Å². The van der Waals surface area contributed by atoms with Gasteiger partial charge in [0.2, 0.25) is 0 Å². The molecule has 1 aromatic carbocycles. The average molecular weight is 259 g/mol. The molecule has 0 saturated carbocycles. The van der Waals surface area contributed by atoms with Crippen molar-refractivity contribution >= 4 is 34.5 Å². The van der Waals surface area contributed by atoms with E-state index in [1.807, 2.05) is 17.5 Å². The lowest BCUT2D eigenvalue weighted by atomic mass is 10.2. The summed E-state index contributed by atoms with van der Waals surface area (Å²) in [6.07, 6.45) is 0. The van der Waals surface area contributed by atoms with E-state index in [1.54, 1.807) is 6.07 Å². The van der Waals surface area contributed by atoms with Crippen LogP contribution in [-0.4, -0.2) is 4.98 Å². The van der Waals surface area contributed by atoms with Crippen molar-refractivity contribution in [2.75, 3.05) is 0 Å². The van der Waals surface area contributed by atoms with Gasteiger partial charge >= 0.3 is 0 Å². The van der Waals surface area contributed by atoms with Gasteiger partial charge in [-0.3, -0.25) is 0 Å². The van der Waals surface area contributed by atoms with Crippen LogP contribution in [-0.2, 0) is 6.54 Å². The Morgan fingerprint density at radius 1 is 1.33 bits per heavy atom. The van der Waals surface area contributed by atoms with E-state index < -0.39 is 0 Å². The SMILES string of the molecule is NCc1csc(-c2cccc(Cl)c2Cl)n1. The van der Waals surface area contributed by atoms with Crippen LogP contribution in [0.5, 0.6) is 0 Å². The summed E-state index contributed by atoms with van der Waals surface area (Å²) < 4.78 is 0. The van der Waals surface area contributed by atoms with Gasteiger partial charge in [0, 0.05) is 17.5 Å². The summed E-state index contributed by atoms with van der Waals surface area (Å²) in [5.41, 5.74) is 7.22. The van der Waals surface area contributed by atoms with Crippen LogP contribution < -0.4 is 5.73 Å². The van der Waals surface area contributed by atoms with Crippen LogP contribution >= 0.6 is 34.5 Å². The number of rotatable bonds is 2. The number of aromatic nitrogens is 1. The van der Waals surface area contributed by atoms with Crippen LogP contribution in [0.15, 0.2) is 23.6 Å². The van der Waals surface area contributed by atoms with Gasteiger partial charge in [0.15, 0.2) is 0 Å². The fourth-order valence-electron chi connectivity index (χ4n) is 1.19. The first-order valence-corrected chi connectivity index (χ1v) is 5.95. The van der Waals surface area contributed by atoms with Crippen LogP contribution in [0.25, 0.3) is 10.6 Å². The zero-order valence-corrected chi connectivity index (χ0v) is 10.0. The summed E-state index contributed by atoms with van der Waals surface area (Å²) >= 11 is 13.5. The van der Waals surface area contributed by atoms with Crippen LogP contribution in [0.1, 0.15) is 5.69 Å². The highest BCUT2D eigenvalue weighted by Crippen LogP contribution is 2.34. The molecule has 5 heteroatoms. The normalized spacial score (nSPS) is 10.6. The van der Waals surface area contributed by atoms with Crippen LogP contribution in [0, 0.1) is 0 Å². The predicted molar refractivity (Wildman–Crippen MR) is 65.5 cm³/mol. The lowest BCUT2D eigenvalue weighted by molar-refractivity contribution is 1.01. The van der Waals surface area contributed by atoms with E-state index in [0.29, 0.717) is 16.6 Å². The van der Waals surface area contributed by atoms with Gasteiger partial charge in [-0.05, 0) is 6.07 Å². The lowest BCUT2D eigenvalue weighted by Crippen LogP contribution is -1.95. The number of hydrogen-bond acceptors (Lipinski definition) is 3. The molecular weight excluding hydrogens is 251 g/mol. The zero-order valence-electron chi connectivity index (χ0n) is 7.71. The van der Waals surface area contributed by atoms with Gasteiger partial charge in [-0.1, -0.05) is 35.3 Å². The summed E-state index contributed by atoms with van der Waals surface area (Å²) in [6, 6.07) is 5.51. The van der Waals surface area contributed by atoms with Crippen molar-refractivity contribution in [1.29, 1.82) is 0 Å². The Kier molecular flexibility index (Phi) is 3.26. The van der Waals surface area contributed by atoms with E-state index in [4.69, 9.17) is 28.9 Å². The Bertz CT molecular complexity index is 482. The Balaban J connectivity index is 2.49. The van der Waals surface area contributed by atoms with Gasteiger partial charge in [0.25, 0.3) is 0 Å². The predicted octanol–water partition coefficient (Wildman–Crippen LogP) is 3.58. The molecule has 0 aliphatic rings. The van der Waals surface area contributed by atoms with E-state index in [0.717, 1.165) is 16.3 Å². The summed E-state index contributed by atoms with van der Waals surface area (Å²) in [4.78, 5) is 4.35. The summed E-state index contributed by atoms with van der Waals surface area (Å²) in [7, 11) is 0. The quantitative estimate of drug-likeness (QED) is 0.895. The number of benzene rings is 1. The molecule has 78 valence electrons. The molecule has 1 heterocycles. The van der Waals surface area contributed by atoms with Crippen molar-refractivity contribution in [2.24, 2.45) is 5.73 Å². The maximum absolute atomic E-state index is 6.08.